The zero-order valence-electron chi connectivity index (χ0n) is 9.27. The van der Waals surface area contributed by atoms with E-state index in [1.54, 1.807) is 12.1 Å². The first-order valence-corrected chi connectivity index (χ1v) is 5.84. The second-order valence-corrected chi connectivity index (χ2v) is 4.70. The van der Waals surface area contributed by atoms with Gasteiger partial charge >= 0.3 is 6.36 Å². The molecule has 0 saturated carbocycles. The predicted molar refractivity (Wildman–Crippen MR) is 63.5 cm³/mol. The highest BCUT2D eigenvalue weighted by Crippen LogP contribution is 2.35. The fraction of sp³-hybridized carbons (Fsp3) is 0.0833. The number of carbonyl (C=O) groups excluding carboxylic acids is 1. The Balaban J connectivity index is 2.38. The fourth-order valence-corrected chi connectivity index (χ4v) is 2.30. The van der Waals surface area contributed by atoms with Crippen molar-refractivity contribution < 1.29 is 27.8 Å². The third-order valence-corrected chi connectivity index (χ3v) is 3.21. The number of thiophene rings is 1. The number of phenolic OH excluding ortho intramolecular Hbond substituents is 1. The third-order valence-electron chi connectivity index (χ3n) is 2.15. The van der Waals surface area contributed by atoms with E-state index in [-0.39, 0.29) is 5.75 Å². The fourth-order valence-electron chi connectivity index (χ4n) is 1.49. The molecule has 1 aromatic carbocycles. The molecule has 0 aliphatic heterocycles. The van der Waals surface area contributed by atoms with E-state index in [1.807, 2.05) is 0 Å². The molecule has 2 rings (SSSR count). The highest BCUT2D eigenvalue weighted by molar-refractivity contribution is 7.17. The first-order valence-electron chi connectivity index (χ1n) is 5.02. The van der Waals surface area contributed by atoms with Crippen LogP contribution >= 0.6 is 11.3 Å². The van der Waals surface area contributed by atoms with Crippen LogP contribution in [0.2, 0.25) is 0 Å². The number of rotatable bonds is 3. The van der Waals surface area contributed by atoms with Gasteiger partial charge in [0.05, 0.1) is 4.88 Å². The number of aldehydes is 1. The summed E-state index contributed by atoms with van der Waals surface area (Å²) in [6.45, 7) is 0. The number of alkyl halides is 3. The summed E-state index contributed by atoms with van der Waals surface area (Å²) in [5, 5.41) is 9.40. The van der Waals surface area contributed by atoms with Gasteiger partial charge in [0.1, 0.15) is 11.5 Å². The molecular weight excluding hydrogens is 281 g/mol. The summed E-state index contributed by atoms with van der Waals surface area (Å²) in [6, 6.07) is 6.43. The summed E-state index contributed by atoms with van der Waals surface area (Å²) in [4.78, 5) is 11.6. The standard InChI is InChI=1S/C12H7F3O3S/c13-12(14,15)18-9-4-7(3-8(17)5-9)11-2-1-10(6-16)19-11/h1-6,17H. The van der Waals surface area contributed by atoms with Crippen molar-refractivity contribution in [1.29, 1.82) is 0 Å². The maximum Gasteiger partial charge on any atom is 0.573 e. The molecule has 1 aromatic heterocycles. The number of halogens is 3. The molecular formula is C12H7F3O3S. The largest absolute Gasteiger partial charge is 0.573 e. The number of aromatic hydroxyl groups is 1. The third kappa shape index (κ3) is 3.47. The van der Waals surface area contributed by atoms with Crippen LogP contribution in [0.25, 0.3) is 10.4 Å². The molecule has 0 aliphatic rings. The lowest BCUT2D eigenvalue weighted by Gasteiger charge is -2.10. The minimum Gasteiger partial charge on any atom is -0.508 e. The van der Waals surface area contributed by atoms with Gasteiger partial charge in [0.2, 0.25) is 0 Å². The average Bonchev–Trinajstić information content (AvgIpc) is 2.74. The van der Waals surface area contributed by atoms with E-state index in [0.717, 1.165) is 23.5 Å². The van der Waals surface area contributed by atoms with Crippen molar-refractivity contribution >= 4 is 17.6 Å². The first-order chi connectivity index (χ1) is 8.87. The first kappa shape index (κ1) is 13.4. The highest BCUT2D eigenvalue weighted by atomic mass is 32.1. The van der Waals surface area contributed by atoms with E-state index < -0.39 is 12.1 Å². The molecule has 0 amide bonds. The molecule has 2 aromatic rings. The van der Waals surface area contributed by atoms with E-state index >= 15 is 0 Å². The molecule has 0 atom stereocenters. The second-order valence-electron chi connectivity index (χ2n) is 3.58. The average molecular weight is 288 g/mol. The van der Waals surface area contributed by atoms with Gasteiger partial charge in [-0.2, -0.15) is 0 Å². The molecule has 0 saturated heterocycles. The molecule has 19 heavy (non-hydrogen) atoms. The van der Waals surface area contributed by atoms with Gasteiger partial charge < -0.3 is 9.84 Å². The summed E-state index contributed by atoms with van der Waals surface area (Å²) in [5.74, 6) is -0.860. The smallest absolute Gasteiger partial charge is 0.508 e. The predicted octanol–water partition coefficient (Wildman–Crippen LogP) is 3.83. The van der Waals surface area contributed by atoms with Crippen LogP contribution in [0.3, 0.4) is 0 Å². The molecule has 1 N–H and O–H groups in total. The Hall–Kier alpha value is -2.02. The highest BCUT2D eigenvalue weighted by Gasteiger charge is 2.31. The van der Waals surface area contributed by atoms with Gasteiger partial charge in [-0.25, -0.2) is 0 Å². The summed E-state index contributed by atoms with van der Waals surface area (Å²) >= 11 is 1.11. The minimum atomic E-state index is -4.82. The number of carbonyl (C=O) groups is 1. The van der Waals surface area contributed by atoms with Gasteiger partial charge in [-0.15, -0.1) is 24.5 Å². The topological polar surface area (TPSA) is 46.5 Å². The van der Waals surface area contributed by atoms with Crippen LogP contribution in [-0.2, 0) is 0 Å². The van der Waals surface area contributed by atoms with Crippen molar-refractivity contribution in [2.45, 2.75) is 6.36 Å². The molecule has 0 unspecified atom stereocenters. The molecule has 0 radical (unpaired) electrons. The van der Waals surface area contributed by atoms with Crippen LogP contribution in [0, 0.1) is 0 Å². The zero-order valence-corrected chi connectivity index (χ0v) is 10.1. The second kappa shape index (κ2) is 4.93. The van der Waals surface area contributed by atoms with E-state index in [0.29, 0.717) is 21.6 Å². The Kier molecular flexibility index (Phi) is 3.48. The van der Waals surface area contributed by atoms with Gasteiger partial charge in [-0.3, -0.25) is 4.79 Å². The van der Waals surface area contributed by atoms with Crippen LogP contribution in [0.15, 0.2) is 30.3 Å². The maximum absolute atomic E-state index is 12.1. The summed E-state index contributed by atoms with van der Waals surface area (Å²) < 4.78 is 40.1. The van der Waals surface area contributed by atoms with Gasteiger partial charge in [0, 0.05) is 10.9 Å². The molecule has 3 nitrogen and oxygen atoms in total. The minimum absolute atomic E-state index is 0.345. The van der Waals surface area contributed by atoms with E-state index in [4.69, 9.17) is 0 Å². The summed E-state index contributed by atoms with van der Waals surface area (Å²) in [7, 11) is 0. The Morgan fingerprint density at radius 3 is 2.53 bits per heavy atom. The van der Waals surface area contributed by atoms with Gasteiger partial charge in [-0.1, -0.05) is 0 Å². The molecule has 1 heterocycles. The van der Waals surface area contributed by atoms with E-state index in [1.165, 1.54) is 6.07 Å². The van der Waals surface area contributed by atoms with E-state index in [2.05, 4.69) is 4.74 Å². The number of benzene rings is 1. The lowest BCUT2D eigenvalue weighted by Crippen LogP contribution is -2.17. The van der Waals surface area contributed by atoms with Crippen molar-refractivity contribution in [3.8, 4) is 21.9 Å². The number of ether oxygens (including phenoxy) is 1. The normalized spacial score (nSPS) is 11.3. The van der Waals surface area contributed by atoms with Crippen LogP contribution in [0.5, 0.6) is 11.5 Å². The van der Waals surface area contributed by atoms with Gasteiger partial charge in [-0.05, 0) is 29.8 Å². The quantitative estimate of drug-likeness (QED) is 0.873. The lowest BCUT2D eigenvalue weighted by molar-refractivity contribution is -0.274. The molecule has 0 fully saturated rings. The summed E-state index contributed by atoms with van der Waals surface area (Å²) in [6.07, 6.45) is -4.18. The van der Waals surface area contributed by atoms with Crippen molar-refractivity contribution in [2.75, 3.05) is 0 Å². The molecule has 100 valence electrons. The molecule has 0 bridgehead atoms. The Bertz CT molecular complexity index is 605. The Morgan fingerprint density at radius 1 is 1.21 bits per heavy atom. The van der Waals surface area contributed by atoms with Crippen molar-refractivity contribution in [2.24, 2.45) is 0 Å². The Labute approximate surface area is 109 Å². The zero-order chi connectivity index (χ0) is 14.0. The van der Waals surface area contributed by atoms with Crippen molar-refractivity contribution in [3.05, 3.63) is 35.2 Å². The summed E-state index contributed by atoms with van der Waals surface area (Å²) in [5.41, 5.74) is 0.345. The van der Waals surface area contributed by atoms with E-state index in [9.17, 15) is 23.1 Å². The lowest BCUT2D eigenvalue weighted by atomic mass is 10.1. The number of hydrogen-bond acceptors (Lipinski definition) is 4. The van der Waals surface area contributed by atoms with Crippen LogP contribution < -0.4 is 4.74 Å². The maximum atomic E-state index is 12.1. The molecule has 7 heteroatoms. The van der Waals surface area contributed by atoms with Crippen LogP contribution in [-0.4, -0.2) is 17.8 Å². The molecule has 0 aliphatic carbocycles. The SMILES string of the molecule is O=Cc1ccc(-c2cc(O)cc(OC(F)(F)F)c2)s1. The van der Waals surface area contributed by atoms with Gasteiger partial charge in [0.25, 0.3) is 0 Å². The van der Waals surface area contributed by atoms with Crippen molar-refractivity contribution in [1.82, 2.24) is 0 Å². The number of phenols is 1. The number of hydrogen-bond donors (Lipinski definition) is 1. The van der Waals surface area contributed by atoms with Crippen molar-refractivity contribution in [3.63, 3.8) is 0 Å². The van der Waals surface area contributed by atoms with Crippen LogP contribution in [0.1, 0.15) is 9.67 Å². The van der Waals surface area contributed by atoms with Gasteiger partial charge in [0.15, 0.2) is 6.29 Å². The van der Waals surface area contributed by atoms with Crippen LogP contribution in [0.4, 0.5) is 13.2 Å². The monoisotopic (exact) mass is 288 g/mol. The molecule has 0 spiro atoms. The Morgan fingerprint density at radius 2 is 1.95 bits per heavy atom.